The third kappa shape index (κ3) is 2.97. The molecule has 2 N–H and O–H groups in total. The van der Waals surface area contributed by atoms with E-state index in [-0.39, 0.29) is 5.91 Å². The molecule has 0 saturated heterocycles. The van der Waals surface area contributed by atoms with Crippen molar-refractivity contribution in [1.29, 1.82) is 0 Å². The van der Waals surface area contributed by atoms with Crippen LogP contribution in [0.25, 0.3) is 0 Å². The van der Waals surface area contributed by atoms with Gasteiger partial charge in [-0.2, -0.15) is 0 Å². The molecular formula is C12H21N3OS. The second-order valence-electron chi connectivity index (χ2n) is 5.22. The molecular weight excluding hydrogens is 234 g/mol. The minimum Gasteiger partial charge on any atom is -0.359 e. The molecule has 17 heavy (non-hydrogen) atoms. The van der Waals surface area contributed by atoms with Crippen molar-refractivity contribution in [3.63, 3.8) is 0 Å². The smallest absolute Gasteiger partial charge is 0.227 e. The van der Waals surface area contributed by atoms with Crippen LogP contribution < -0.4 is 5.32 Å². The first kappa shape index (κ1) is 14.0. The number of H-pyrrole nitrogens is 1. The molecule has 0 spiro atoms. The molecule has 0 aliphatic heterocycles. The number of aromatic amines is 1. The molecule has 0 fully saturated rings. The van der Waals surface area contributed by atoms with Gasteiger partial charge in [-0.25, -0.2) is 0 Å². The number of imidazole rings is 1. The first-order valence-electron chi connectivity index (χ1n) is 5.80. The molecule has 4 nitrogen and oxygen atoms in total. The van der Waals surface area contributed by atoms with Gasteiger partial charge in [0.25, 0.3) is 0 Å². The maximum Gasteiger partial charge on any atom is 0.227 e. The van der Waals surface area contributed by atoms with Crippen LogP contribution in [0.1, 0.15) is 39.3 Å². The zero-order valence-electron chi connectivity index (χ0n) is 11.1. The van der Waals surface area contributed by atoms with Crippen molar-refractivity contribution >= 4 is 18.1 Å². The highest BCUT2D eigenvalue weighted by molar-refractivity contribution is 7.71. The van der Waals surface area contributed by atoms with Gasteiger partial charge in [-0.15, -0.1) is 0 Å². The first-order valence-corrected chi connectivity index (χ1v) is 6.20. The Hall–Kier alpha value is -1.10. The van der Waals surface area contributed by atoms with Crippen molar-refractivity contribution in [2.75, 3.05) is 7.05 Å². The van der Waals surface area contributed by atoms with Gasteiger partial charge in [0.15, 0.2) is 4.77 Å². The fourth-order valence-corrected chi connectivity index (χ4v) is 2.08. The molecule has 96 valence electrons. The van der Waals surface area contributed by atoms with Crippen LogP contribution in [0.5, 0.6) is 0 Å². The Morgan fingerprint density at radius 2 is 2.18 bits per heavy atom. The summed E-state index contributed by atoms with van der Waals surface area (Å²) in [6, 6.07) is 0. The number of amides is 1. The summed E-state index contributed by atoms with van der Waals surface area (Å²) in [5, 5.41) is 2.69. The van der Waals surface area contributed by atoms with Gasteiger partial charge in [-0.05, 0) is 32.0 Å². The van der Waals surface area contributed by atoms with Gasteiger partial charge >= 0.3 is 0 Å². The van der Waals surface area contributed by atoms with Crippen LogP contribution in [0.2, 0.25) is 0 Å². The summed E-state index contributed by atoms with van der Waals surface area (Å²) in [5.74, 6) is 0.402. The van der Waals surface area contributed by atoms with E-state index in [9.17, 15) is 4.79 Å². The molecule has 0 atom stereocenters. The summed E-state index contributed by atoms with van der Waals surface area (Å²) < 4.78 is 2.68. The van der Waals surface area contributed by atoms with Gasteiger partial charge in [0, 0.05) is 25.5 Å². The van der Waals surface area contributed by atoms with E-state index in [2.05, 4.69) is 24.1 Å². The molecule has 0 aromatic carbocycles. The molecule has 0 unspecified atom stereocenters. The minimum absolute atomic E-state index is 0.0234. The maximum atomic E-state index is 11.8. The van der Waals surface area contributed by atoms with Gasteiger partial charge in [0.05, 0.1) is 5.41 Å². The summed E-state index contributed by atoms with van der Waals surface area (Å²) in [6.07, 6.45) is 1.92. The predicted molar refractivity (Wildman–Crippen MR) is 71.6 cm³/mol. The molecule has 1 amide bonds. The Balaban J connectivity index is 3.07. The van der Waals surface area contributed by atoms with E-state index in [0.29, 0.717) is 17.2 Å². The SMILES string of the molecule is CNC(=O)C(C)(C)Cn1c(C(C)C)c[nH]c1=S. The Kier molecular flexibility index (Phi) is 4.14. The third-order valence-electron chi connectivity index (χ3n) is 2.89. The number of hydrogen-bond acceptors (Lipinski definition) is 2. The number of nitrogens with zero attached hydrogens (tertiary/aromatic N) is 1. The quantitative estimate of drug-likeness (QED) is 0.812. The number of hydrogen-bond donors (Lipinski definition) is 2. The normalized spacial score (nSPS) is 11.9. The zero-order valence-corrected chi connectivity index (χ0v) is 11.9. The van der Waals surface area contributed by atoms with Crippen molar-refractivity contribution in [1.82, 2.24) is 14.9 Å². The fourth-order valence-electron chi connectivity index (χ4n) is 1.86. The summed E-state index contributed by atoms with van der Waals surface area (Å²) in [6.45, 7) is 8.65. The maximum absolute atomic E-state index is 11.8. The summed E-state index contributed by atoms with van der Waals surface area (Å²) in [5.41, 5.74) is 0.658. The molecule has 0 aliphatic rings. The van der Waals surface area contributed by atoms with Crippen molar-refractivity contribution < 1.29 is 4.79 Å². The van der Waals surface area contributed by atoms with Gasteiger partial charge < -0.3 is 14.9 Å². The van der Waals surface area contributed by atoms with Crippen molar-refractivity contribution in [2.45, 2.75) is 40.2 Å². The average molecular weight is 255 g/mol. The van der Waals surface area contributed by atoms with E-state index in [1.54, 1.807) is 7.05 Å². The average Bonchev–Trinajstić information content (AvgIpc) is 2.58. The number of carbonyl (C=O) groups excluding carboxylic acids is 1. The lowest BCUT2D eigenvalue weighted by atomic mass is 9.92. The summed E-state index contributed by atoms with van der Waals surface area (Å²) in [7, 11) is 1.66. The van der Waals surface area contributed by atoms with Crippen LogP contribution in [-0.2, 0) is 11.3 Å². The minimum atomic E-state index is -0.473. The lowest BCUT2D eigenvalue weighted by molar-refractivity contribution is -0.129. The largest absolute Gasteiger partial charge is 0.359 e. The second kappa shape index (κ2) is 5.04. The molecule has 1 aromatic rings. The van der Waals surface area contributed by atoms with Crippen molar-refractivity contribution in [3.8, 4) is 0 Å². The number of nitrogens with one attached hydrogen (secondary N) is 2. The Bertz CT molecular complexity index is 457. The van der Waals surface area contributed by atoms with E-state index in [4.69, 9.17) is 12.2 Å². The molecule has 0 bridgehead atoms. The van der Waals surface area contributed by atoms with Crippen LogP contribution in [0.4, 0.5) is 0 Å². The molecule has 1 rings (SSSR count). The zero-order chi connectivity index (χ0) is 13.2. The Labute approximate surface area is 107 Å². The topological polar surface area (TPSA) is 49.8 Å². The molecule has 1 aromatic heterocycles. The molecule has 0 saturated carbocycles. The highest BCUT2D eigenvalue weighted by Crippen LogP contribution is 2.22. The molecule has 5 heteroatoms. The highest BCUT2D eigenvalue weighted by Gasteiger charge is 2.28. The van der Waals surface area contributed by atoms with Crippen LogP contribution in [0.15, 0.2) is 6.20 Å². The fraction of sp³-hybridized carbons (Fsp3) is 0.667. The first-order chi connectivity index (χ1) is 7.79. The van der Waals surface area contributed by atoms with Crippen LogP contribution >= 0.6 is 12.2 Å². The van der Waals surface area contributed by atoms with Gasteiger partial charge in [0.1, 0.15) is 0 Å². The Morgan fingerprint density at radius 3 is 2.65 bits per heavy atom. The number of carbonyl (C=O) groups is 1. The predicted octanol–water partition coefficient (Wildman–Crippen LogP) is 2.44. The molecule has 0 aliphatic carbocycles. The standard InChI is InChI=1S/C12H21N3OS/c1-8(2)9-6-14-11(17)15(9)7-12(3,4)10(16)13-5/h6,8H,7H2,1-5H3,(H,13,16)(H,14,17). The van der Waals surface area contributed by atoms with E-state index in [1.807, 2.05) is 24.6 Å². The van der Waals surface area contributed by atoms with Gasteiger partial charge in [-0.1, -0.05) is 13.8 Å². The number of rotatable bonds is 4. The lowest BCUT2D eigenvalue weighted by Crippen LogP contribution is -2.38. The number of aromatic nitrogens is 2. The third-order valence-corrected chi connectivity index (χ3v) is 3.23. The van der Waals surface area contributed by atoms with Crippen LogP contribution in [0, 0.1) is 10.2 Å². The van der Waals surface area contributed by atoms with E-state index < -0.39 is 5.41 Å². The Morgan fingerprint density at radius 1 is 1.59 bits per heavy atom. The highest BCUT2D eigenvalue weighted by atomic mass is 32.1. The van der Waals surface area contributed by atoms with Crippen LogP contribution in [0.3, 0.4) is 0 Å². The summed E-state index contributed by atoms with van der Waals surface area (Å²) >= 11 is 5.26. The van der Waals surface area contributed by atoms with Gasteiger partial charge in [-0.3, -0.25) is 4.79 Å². The van der Waals surface area contributed by atoms with Crippen molar-refractivity contribution in [2.24, 2.45) is 5.41 Å². The van der Waals surface area contributed by atoms with E-state index in [0.717, 1.165) is 5.69 Å². The van der Waals surface area contributed by atoms with Gasteiger partial charge in [0.2, 0.25) is 5.91 Å². The van der Waals surface area contributed by atoms with Crippen molar-refractivity contribution in [3.05, 3.63) is 16.7 Å². The molecule has 1 heterocycles. The summed E-state index contributed by atoms with van der Waals surface area (Å²) in [4.78, 5) is 14.8. The molecule has 0 radical (unpaired) electrons. The monoisotopic (exact) mass is 255 g/mol. The van der Waals surface area contributed by atoms with E-state index in [1.165, 1.54) is 0 Å². The van der Waals surface area contributed by atoms with E-state index >= 15 is 0 Å². The van der Waals surface area contributed by atoms with Crippen LogP contribution in [-0.4, -0.2) is 22.5 Å². The second-order valence-corrected chi connectivity index (χ2v) is 5.61. The lowest BCUT2D eigenvalue weighted by Gasteiger charge is -2.24.